The number of rotatable bonds is 4. The van der Waals surface area contributed by atoms with Crippen molar-refractivity contribution < 1.29 is 13.2 Å². The monoisotopic (exact) mass is 320 g/mol. The Balaban J connectivity index is 1.79. The third-order valence-electron chi connectivity index (χ3n) is 4.26. The Kier molecular flexibility index (Phi) is 4.09. The summed E-state index contributed by atoms with van der Waals surface area (Å²) in [6.07, 6.45) is 0.798. The lowest BCUT2D eigenvalue weighted by Crippen LogP contribution is -2.48. The van der Waals surface area contributed by atoms with Crippen molar-refractivity contribution in [1.82, 2.24) is 15.5 Å². The van der Waals surface area contributed by atoms with Gasteiger partial charge >= 0.3 is 6.18 Å². The largest absolute Gasteiger partial charge is 0.445 e. The molecule has 0 amide bonds. The van der Waals surface area contributed by atoms with E-state index in [4.69, 9.17) is 0 Å². The van der Waals surface area contributed by atoms with Crippen LogP contribution in [0.4, 0.5) is 18.3 Å². The number of hydrogen-bond donors (Lipinski definition) is 1. The highest BCUT2D eigenvalue weighted by atomic mass is 32.1. The van der Waals surface area contributed by atoms with Crippen LogP contribution in [0.25, 0.3) is 0 Å². The standard InChI is InChI=1S/C13H19F3N4S/c1-2-5-20(10-6-8-3-4-9(7-10)17-8)12-19-18-11(21-12)13(14,15)16/h8-10,17H,2-7H2,1H3. The van der Waals surface area contributed by atoms with Crippen molar-refractivity contribution in [1.29, 1.82) is 0 Å². The van der Waals surface area contributed by atoms with Crippen LogP contribution in [0.3, 0.4) is 0 Å². The Morgan fingerprint density at radius 3 is 2.43 bits per heavy atom. The molecule has 4 nitrogen and oxygen atoms in total. The Hall–Kier alpha value is -0.890. The Bertz CT molecular complexity index is 478. The van der Waals surface area contributed by atoms with E-state index in [9.17, 15) is 13.2 Å². The van der Waals surface area contributed by atoms with Gasteiger partial charge in [0.05, 0.1) is 0 Å². The van der Waals surface area contributed by atoms with Gasteiger partial charge in [-0.2, -0.15) is 13.2 Å². The van der Waals surface area contributed by atoms with E-state index in [-0.39, 0.29) is 6.04 Å². The molecule has 2 fully saturated rings. The van der Waals surface area contributed by atoms with Gasteiger partial charge in [0, 0.05) is 24.7 Å². The maximum absolute atomic E-state index is 12.7. The maximum atomic E-state index is 12.7. The smallest absolute Gasteiger partial charge is 0.344 e. The predicted octanol–water partition coefficient (Wildman–Crippen LogP) is 3.06. The fraction of sp³-hybridized carbons (Fsp3) is 0.846. The van der Waals surface area contributed by atoms with E-state index in [0.717, 1.165) is 25.8 Å². The molecule has 2 atom stereocenters. The first-order chi connectivity index (χ1) is 9.97. The molecule has 1 N–H and O–H groups in total. The van der Waals surface area contributed by atoms with Gasteiger partial charge in [-0.05, 0) is 32.1 Å². The summed E-state index contributed by atoms with van der Waals surface area (Å²) in [6.45, 7) is 2.77. The van der Waals surface area contributed by atoms with E-state index in [1.54, 1.807) is 0 Å². The van der Waals surface area contributed by atoms with Gasteiger partial charge in [0.1, 0.15) is 0 Å². The zero-order valence-electron chi connectivity index (χ0n) is 11.9. The topological polar surface area (TPSA) is 41.1 Å². The Morgan fingerprint density at radius 1 is 1.24 bits per heavy atom. The molecule has 0 radical (unpaired) electrons. The van der Waals surface area contributed by atoms with E-state index < -0.39 is 11.2 Å². The van der Waals surface area contributed by atoms with Crippen LogP contribution >= 0.6 is 11.3 Å². The molecule has 0 spiro atoms. The SMILES string of the molecule is CCCN(c1nnc(C(F)(F)F)s1)C1CC2CCC(C1)N2. The molecule has 2 aliphatic heterocycles. The van der Waals surface area contributed by atoms with Gasteiger partial charge in [-0.1, -0.05) is 18.3 Å². The van der Waals surface area contributed by atoms with Crippen molar-refractivity contribution in [2.75, 3.05) is 11.4 Å². The van der Waals surface area contributed by atoms with Crippen molar-refractivity contribution in [3.8, 4) is 0 Å². The number of fused-ring (bicyclic) bond motifs is 2. The van der Waals surface area contributed by atoms with E-state index >= 15 is 0 Å². The summed E-state index contributed by atoms with van der Waals surface area (Å²) in [5.41, 5.74) is 0. The van der Waals surface area contributed by atoms with E-state index in [1.165, 1.54) is 12.8 Å². The molecule has 118 valence electrons. The van der Waals surface area contributed by atoms with Crippen LogP contribution in [0.2, 0.25) is 0 Å². The normalized spacial score (nSPS) is 28.9. The number of aromatic nitrogens is 2. The lowest BCUT2D eigenvalue weighted by molar-refractivity contribution is -0.138. The molecule has 8 heteroatoms. The molecule has 1 aromatic heterocycles. The first kappa shape index (κ1) is 15.0. The second kappa shape index (κ2) is 5.72. The summed E-state index contributed by atoms with van der Waals surface area (Å²) >= 11 is 0.663. The average molecular weight is 320 g/mol. The summed E-state index contributed by atoms with van der Waals surface area (Å²) in [6, 6.07) is 1.28. The summed E-state index contributed by atoms with van der Waals surface area (Å²) in [7, 11) is 0. The van der Waals surface area contributed by atoms with Gasteiger partial charge in [0.15, 0.2) is 0 Å². The molecular weight excluding hydrogens is 301 g/mol. The minimum absolute atomic E-state index is 0.276. The fourth-order valence-corrected chi connectivity index (χ4v) is 4.21. The fourth-order valence-electron chi connectivity index (χ4n) is 3.40. The molecule has 2 aliphatic rings. The van der Waals surface area contributed by atoms with Crippen molar-refractivity contribution in [2.45, 2.75) is 63.3 Å². The number of nitrogens with one attached hydrogen (secondary N) is 1. The first-order valence-electron chi connectivity index (χ1n) is 7.40. The zero-order chi connectivity index (χ0) is 15.0. The van der Waals surface area contributed by atoms with Gasteiger partial charge in [-0.15, -0.1) is 10.2 Å². The van der Waals surface area contributed by atoms with Gasteiger partial charge in [-0.25, -0.2) is 0 Å². The molecule has 3 rings (SSSR count). The minimum atomic E-state index is -4.40. The van der Waals surface area contributed by atoms with Crippen LogP contribution in [-0.2, 0) is 6.18 Å². The van der Waals surface area contributed by atoms with Crippen molar-refractivity contribution in [3.63, 3.8) is 0 Å². The van der Waals surface area contributed by atoms with Crippen LogP contribution in [-0.4, -0.2) is 34.9 Å². The summed E-state index contributed by atoms with van der Waals surface area (Å²) in [4.78, 5) is 2.04. The summed E-state index contributed by atoms with van der Waals surface area (Å²) in [5.74, 6) is 0. The van der Waals surface area contributed by atoms with Crippen LogP contribution in [0.5, 0.6) is 0 Å². The molecule has 21 heavy (non-hydrogen) atoms. The highest BCUT2D eigenvalue weighted by Crippen LogP contribution is 2.37. The number of halogens is 3. The molecule has 0 aliphatic carbocycles. The lowest BCUT2D eigenvalue weighted by atomic mass is 9.98. The van der Waals surface area contributed by atoms with Crippen LogP contribution in [0.1, 0.15) is 44.0 Å². The van der Waals surface area contributed by atoms with Gasteiger partial charge in [0.25, 0.3) is 0 Å². The van der Waals surface area contributed by atoms with Crippen molar-refractivity contribution >= 4 is 16.5 Å². The van der Waals surface area contributed by atoms with Crippen LogP contribution in [0, 0.1) is 0 Å². The molecule has 0 aromatic carbocycles. The van der Waals surface area contributed by atoms with E-state index in [2.05, 4.69) is 15.5 Å². The predicted molar refractivity (Wildman–Crippen MR) is 75.5 cm³/mol. The van der Waals surface area contributed by atoms with Crippen molar-refractivity contribution in [2.24, 2.45) is 0 Å². The molecular formula is C13H19F3N4S. The third-order valence-corrected chi connectivity index (χ3v) is 5.26. The number of nitrogens with zero attached hydrogens (tertiary/aromatic N) is 3. The minimum Gasteiger partial charge on any atom is -0.344 e. The molecule has 2 bridgehead atoms. The molecule has 0 saturated carbocycles. The molecule has 3 heterocycles. The van der Waals surface area contributed by atoms with E-state index in [1.807, 2.05) is 11.8 Å². The molecule has 2 saturated heterocycles. The quantitative estimate of drug-likeness (QED) is 0.926. The second-order valence-corrected chi connectivity index (χ2v) is 6.80. The van der Waals surface area contributed by atoms with Gasteiger partial charge < -0.3 is 10.2 Å². The molecule has 1 aromatic rings. The number of hydrogen-bond acceptors (Lipinski definition) is 5. The second-order valence-electron chi connectivity index (χ2n) is 5.84. The van der Waals surface area contributed by atoms with Gasteiger partial charge in [0.2, 0.25) is 10.1 Å². The maximum Gasteiger partial charge on any atom is 0.445 e. The lowest BCUT2D eigenvalue weighted by Gasteiger charge is -2.37. The highest BCUT2D eigenvalue weighted by Gasteiger charge is 2.39. The highest BCUT2D eigenvalue weighted by molar-refractivity contribution is 7.15. The number of alkyl halides is 3. The van der Waals surface area contributed by atoms with Crippen LogP contribution in [0.15, 0.2) is 0 Å². The van der Waals surface area contributed by atoms with Gasteiger partial charge in [-0.3, -0.25) is 0 Å². The van der Waals surface area contributed by atoms with Crippen LogP contribution < -0.4 is 10.2 Å². The zero-order valence-corrected chi connectivity index (χ0v) is 12.7. The van der Waals surface area contributed by atoms with Crippen molar-refractivity contribution in [3.05, 3.63) is 5.01 Å². The number of piperidine rings is 1. The Morgan fingerprint density at radius 2 is 1.90 bits per heavy atom. The number of anilines is 1. The third kappa shape index (κ3) is 3.15. The first-order valence-corrected chi connectivity index (χ1v) is 8.22. The van der Waals surface area contributed by atoms with E-state index in [0.29, 0.717) is 28.6 Å². The Labute approximate surface area is 125 Å². The average Bonchev–Trinajstić information content (AvgIpc) is 3.02. The summed E-state index contributed by atoms with van der Waals surface area (Å²) in [5, 5.41) is 10.2. The molecule has 2 unspecified atom stereocenters. The summed E-state index contributed by atoms with van der Waals surface area (Å²) < 4.78 is 38.1.